The third kappa shape index (κ3) is 2.08. The van der Waals surface area contributed by atoms with Crippen LogP contribution in [0.25, 0.3) is 0 Å². The van der Waals surface area contributed by atoms with Crippen molar-refractivity contribution in [1.29, 1.82) is 0 Å². The molecule has 2 rings (SSSR count). The number of hydrogen-bond donors (Lipinski definition) is 1. The van der Waals surface area contributed by atoms with Crippen LogP contribution >= 0.6 is 0 Å². The Morgan fingerprint density at radius 3 is 2.57 bits per heavy atom. The minimum Gasteiger partial charge on any atom is -0.411 e. The van der Waals surface area contributed by atoms with Crippen molar-refractivity contribution in [3.05, 3.63) is 0 Å². The monoisotopic (exact) mass is 196 g/mol. The number of likely N-dealkylation sites (tertiary alicyclic amines) is 1. The molecule has 0 aromatic carbocycles. The van der Waals surface area contributed by atoms with Gasteiger partial charge in [0.25, 0.3) is 0 Å². The van der Waals surface area contributed by atoms with Gasteiger partial charge in [0.15, 0.2) is 0 Å². The van der Waals surface area contributed by atoms with Crippen molar-refractivity contribution >= 4 is 5.71 Å². The average molecular weight is 196 g/mol. The topological polar surface area (TPSA) is 35.8 Å². The molecule has 0 amide bonds. The highest BCUT2D eigenvalue weighted by molar-refractivity contribution is 5.89. The van der Waals surface area contributed by atoms with Crippen LogP contribution in [-0.2, 0) is 0 Å². The van der Waals surface area contributed by atoms with E-state index in [2.05, 4.69) is 10.1 Å². The van der Waals surface area contributed by atoms with Gasteiger partial charge in [-0.2, -0.15) is 0 Å². The second kappa shape index (κ2) is 4.78. The van der Waals surface area contributed by atoms with Crippen LogP contribution in [0.5, 0.6) is 0 Å². The zero-order valence-corrected chi connectivity index (χ0v) is 8.78. The summed E-state index contributed by atoms with van der Waals surface area (Å²) in [5, 5.41) is 12.4. The van der Waals surface area contributed by atoms with Crippen molar-refractivity contribution in [2.75, 3.05) is 13.1 Å². The maximum Gasteiger partial charge on any atom is 0.0742 e. The molecule has 1 heterocycles. The molecule has 0 bridgehead atoms. The van der Waals surface area contributed by atoms with Crippen LogP contribution < -0.4 is 0 Å². The van der Waals surface area contributed by atoms with Crippen molar-refractivity contribution in [2.45, 2.75) is 51.0 Å². The molecule has 0 aromatic heterocycles. The lowest BCUT2D eigenvalue weighted by Crippen LogP contribution is -2.45. The Morgan fingerprint density at radius 1 is 1.07 bits per heavy atom. The molecule has 1 aliphatic heterocycles. The van der Waals surface area contributed by atoms with Crippen LogP contribution in [0.15, 0.2) is 5.16 Å². The van der Waals surface area contributed by atoms with Crippen molar-refractivity contribution < 1.29 is 5.21 Å². The third-order valence-electron chi connectivity index (χ3n) is 3.50. The first-order valence-electron chi connectivity index (χ1n) is 5.86. The Bertz CT molecular complexity index is 209. The molecule has 1 atom stereocenters. The van der Waals surface area contributed by atoms with E-state index in [4.69, 9.17) is 5.21 Å². The van der Waals surface area contributed by atoms with Crippen LogP contribution in [0.3, 0.4) is 0 Å². The second-order valence-corrected chi connectivity index (χ2v) is 4.45. The molecule has 0 aromatic rings. The van der Waals surface area contributed by atoms with E-state index in [0.717, 1.165) is 12.1 Å². The molecule has 1 unspecified atom stereocenters. The lowest BCUT2D eigenvalue weighted by atomic mass is 9.91. The number of rotatable bonds is 1. The number of piperidine rings is 1. The Labute approximate surface area is 85.8 Å². The first-order chi connectivity index (χ1) is 6.92. The summed E-state index contributed by atoms with van der Waals surface area (Å²) in [6, 6.07) is 0.453. The van der Waals surface area contributed by atoms with Crippen molar-refractivity contribution in [3.63, 3.8) is 0 Å². The van der Waals surface area contributed by atoms with Gasteiger partial charge in [0.05, 0.1) is 11.8 Å². The normalized spacial score (nSPS) is 33.4. The summed E-state index contributed by atoms with van der Waals surface area (Å²) >= 11 is 0. The highest BCUT2D eigenvalue weighted by atomic mass is 16.4. The molecule has 3 heteroatoms. The van der Waals surface area contributed by atoms with E-state index in [9.17, 15) is 0 Å². The summed E-state index contributed by atoms with van der Waals surface area (Å²) in [7, 11) is 0. The van der Waals surface area contributed by atoms with E-state index >= 15 is 0 Å². The predicted octanol–water partition coefficient (Wildman–Crippen LogP) is 2.25. The van der Waals surface area contributed by atoms with E-state index in [-0.39, 0.29) is 0 Å². The van der Waals surface area contributed by atoms with Crippen LogP contribution in [0.4, 0.5) is 0 Å². The van der Waals surface area contributed by atoms with Crippen LogP contribution in [-0.4, -0.2) is 35.0 Å². The summed E-state index contributed by atoms with van der Waals surface area (Å²) in [6.07, 6.45) is 8.68. The average Bonchev–Trinajstić information content (AvgIpc) is 2.30. The number of nitrogens with zero attached hydrogens (tertiary/aromatic N) is 2. The molecular weight excluding hydrogens is 176 g/mol. The van der Waals surface area contributed by atoms with Crippen molar-refractivity contribution in [2.24, 2.45) is 5.16 Å². The van der Waals surface area contributed by atoms with E-state index in [1.165, 1.54) is 51.6 Å². The van der Waals surface area contributed by atoms with Gasteiger partial charge in [-0.05, 0) is 45.2 Å². The fraction of sp³-hybridized carbons (Fsp3) is 0.909. The van der Waals surface area contributed by atoms with Crippen LogP contribution in [0.1, 0.15) is 44.9 Å². The van der Waals surface area contributed by atoms with Gasteiger partial charge >= 0.3 is 0 Å². The number of oxime groups is 1. The zero-order valence-electron chi connectivity index (χ0n) is 8.78. The van der Waals surface area contributed by atoms with Gasteiger partial charge < -0.3 is 5.21 Å². The van der Waals surface area contributed by atoms with Gasteiger partial charge in [-0.1, -0.05) is 18.0 Å². The quantitative estimate of drug-likeness (QED) is 0.515. The standard InChI is InChI=1S/C11H20N2O/c14-12-10-6-2-3-7-11(10)13-8-4-1-5-9-13/h11,14H,1-9H2. The molecule has 80 valence electrons. The fourth-order valence-electron chi connectivity index (χ4n) is 2.72. The summed E-state index contributed by atoms with van der Waals surface area (Å²) in [4.78, 5) is 2.51. The van der Waals surface area contributed by atoms with E-state index in [1.54, 1.807) is 0 Å². The third-order valence-corrected chi connectivity index (χ3v) is 3.50. The number of hydrogen-bond acceptors (Lipinski definition) is 3. The smallest absolute Gasteiger partial charge is 0.0742 e. The predicted molar refractivity (Wildman–Crippen MR) is 56.9 cm³/mol. The van der Waals surface area contributed by atoms with E-state index in [0.29, 0.717) is 6.04 Å². The van der Waals surface area contributed by atoms with Crippen molar-refractivity contribution in [3.8, 4) is 0 Å². The Kier molecular flexibility index (Phi) is 3.40. The van der Waals surface area contributed by atoms with Gasteiger partial charge in [0.2, 0.25) is 0 Å². The van der Waals surface area contributed by atoms with Gasteiger partial charge in [-0.25, -0.2) is 0 Å². The largest absolute Gasteiger partial charge is 0.411 e. The molecule has 0 radical (unpaired) electrons. The lowest BCUT2D eigenvalue weighted by Gasteiger charge is -2.36. The molecule has 14 heavy (non-hydrogen) atoms. The molecule has 1 saturated carbocycles. The van der Waals surface area contributed by atoms with Gasteiger partial charge in [0.1, 0.15) is 0 Å². The Hall–Kier alpha value is -0.570. The molecule has 1 N–H and O–H groups in total. The molecule has 3 nitrogen and oxygen atoms in total. The first-order valence-corrected chi connectivity index (χ1v) is 5.86. The SMILES string of the molecule is ON=C1CCCCC1N1CCCCC1. The Morgan fingerprint density at radius 2 is 1.86 bits per heavy atom. The van der Waals surface area contributed by atoms with E-state index < -0.39 is 0 Å². The van der Waals surface area contributed by atoms with Gasteiger partial charge in [-0.3, -0.25) is 4.90 Å². The highest BCUT2D eigenvalue weighted by Crippen LogP contribution is 2.23. The molecule has 0 spiro atoms. The maximum absolute atomic E-state index is 8.95. The van der Waals surface area contributed by atoms with Gasteiger partial charge in [-0.15, -0.1) is 0 Å². The molecule has 1 saturated heterocycles. The maximum atomic E-state index is 8.95. The zero-order chi connectivity index (χ0) is 9.80. The lowest BCUT2D eigenvalue weighted by molar-refractivity contribution is 0.180. The molecular formula is C11H20N2O. The van der Waals surface area contributed by atoms with Crippen LogP contribution in [0.2, 0.25) is 0 Å². The van der Waals surface area contributed by atoms with Crippen molar-refractivity contribution in [1.82, 2.24) is 4.90 Å². The highest BCUT2D eigenvalue weighted by Gasteiger charge is 2.27. The Balaban J connectivity index is 1.98. The van der Waals surface area contributed by atoms with Gasteiger partial charge in [0, 0.05) is 0 Å². The second-order valence-electron chi connectivity index (χ2n) is 4.45. The fourth-order valence-corrected chi connectivity index (χ4v) is 2.72. The molecule has 1 aliphatic carbocycles. The van der Waals surface area contributed by atoms with E-state index in [1.807, 2.05) is 0 Å². The minimum atomic E-state index is 0.453. The molecule has 2 fully saturated rings. The molecule has 2 aliphatic rings. The summed E-state index contributed by atoms with van der Waals surface area (Å²) in [5.41, 5.74) is 1.03. The van der Waals surface area contributed by atoms with Crippen LogP contribution in [0, 0.1) is 0 Å². The summed E-state index contributed by atoms with van der Waals surface area (Å²) in [6.45, 7) is 2.40. The first kappa shape index (κ1) is 9.97. The summed E-state index contributed by atoms with van der Waals surface area (Å²) < 4.78 is 0. The summed E-state index contributed by atoms with van der Waals surface area (Å²) in [5.74, 6) is 0. The minimum absolute atomic E-state index is 0.453.